The van der Waals surface area contributed by atoms with Gasteiger partial charge in [0, 0.05) is 31.5 Å². The topological polar surface area (TPSA) is 51.4 Å². The Labute approximate surface area is 147 Å². The SMILES string of the molecule is COCCc1noc(C2CCCN(Cc3ccc(SC)cc3)C2)n1. The molecule has 2 aromatic rings. The van der Waals surface area contributed by atoms with Gasteiger partial charge in [-0.2, -0.15) is 4.98 Å². The summed E-state index contributed by atoms with van der Waals surface area (Å²) in [4.78, 5) is 8.35. The van der Waals surface area contributed by atoms with Crippen molar-refractivity contribution in [1.29, 1.82) is 0 Å². The molecule has 5 nitrogen and oxygen atoms in total. The van der Waals surface area contributed by atoms with Crippen molar-refractivity contribution in [3.63, 3.8) is 0 Å². The van der Waals surface area contributed by atoms with Crippen LogP contribution < -0.4 is 0 Å². The summed E-state index contributed by atoms with van der Waals surface area (Å²) in [5.41, 5.74) is 1.36. The number of hydrogen-bond donors (Lipinski definition) is 0. The first-order valence-electron chi connectivity index (χ1n) is 8.45. The summed E-state index contributed by atoms with van der Waals surface area (Å²) in [5, 5.41) is 4.07. The average molecular weight is 347 g/mol. The van der Waals surface area contributed by atoms with Crippen LogP contribution in [-0.2, 0) is 17.7 Å². The Balaban J connectivity index is 1.58. The van der Waals surface area contributed by atoms with Gasteiger partial charge in [-0.25, -0.2) is 0 Å². The smallest absolute Gasteiger partial charge is 0.231 e. The summed E-state index contributed by atoms with van der Waals surface area (Å²) in [6.45, 7) is 3.72. The van der Waals surface area contributed by atoms with E-state index in [9.17, 15) is 0 Å². The number of rotatable bonds is 7. The molecule has 0 amide bonds. The molecular weight excluding hydrogens is 322 g/mol. The first-order valence-corrected chi connectivity index (χ1v) is 9.67. The van der Waals surface area contributed by atoms with Crippen molar-refractivity contribution >= 4 is 11.8 Å². The quantitative estimate of drug-likeness (QED) is 0.716. The number of hydrogen-bond acceptors (Lipinski definition) is 6. The molecule has 130 valence electrons. The molecular formula is C18H25N3O2S. The zero-order chi connectivity index (χ0) is 16.8. The number of thioether (sulfide) groups is 1. The molecule has 6 heteroatoms. The fourth-order valence-corrected chi connectivity index (χ4v) is 3.53. The highest BCUT2D eigenvalue weighted by atomic mass is 32.2. The fourth-order valence-electron chi connectivity index (χ4n) is 3.12. The van der Waals surface area contributed by atoms with Gasteiger partial charge in [-0.3, -0.25) is 4.90 Å². The van der Waals surface area contributed by atoms with E-state index in [1.807, 2.05) is 0 Å². The van der Waals surface area contributed by atoms with E-state index in [4.69, 9.17) is 9.26 Å². The van der Waals surface area contributed by atoms with Crippen molar-refractivity contribution in [2.24, 2.45) is 0 Å². The Kier molecular flexibility index (Phi) is 6.29. The molecule has 1 saturated heterocycles. The van der Waals surface area contributed by atoms with Gasteiger partial charge in [0.05, 0.1) is 12.5 Å². The van der Waals surface area contributed by atoms with Crippen molar-refractivity contribution in [3.8, 4) is 0 Å². The molecule has 1 atom stereocenters. The van der Waals surface area contributed by atoms with E-state index in [1.165, 1.54) is 16.9 Å². The molecule has 0 radical (unpaired) electrons. The molecule has 0 N–H and O–H groups in total. The highest BCUT2D eigenvalue weighted by Crippen LogP contribution is 2.27. The lowest BCUT2D eigenvalue weighted by Crippen LogP contribution is -2.34. The van der Waals surface area contributed by atoms with Crippen molar-refractivity contribution in [3.05, 3.63) is 41.5 Å². The summed E-state index contributed by atoms with van der Waals surface area (Å²) in [7, 11) is 1.69. The van der Waals surface area contributed by atoms with E-state index in [0.29, 0.717) is 18.9 Å². The second kappa shape index (κ2) is 8.65. The van der Waals surface area contributed by atoms with Gasteiger partial charge >= 0.3 is 0 Å². The third kappa shape index (κ3) is 4.59. The maximum absolute atomic E-state index is 5.48. The van der Waals surface area contributed by atoms with E-state index >= 15 is 0 Å². The lowest BCUT2D eigenvalue weighted by atomic mass is 9.97. The molecule has 0 spiro atoms. The van der Waals surface area contributed by atoms with Crippen LogP contribution in [0.25, 0.3) is 0 Å². The monoisotopic (exact) mass is 347 g/mol. The van der Waals surface area contributed by atoms with Crippen molar-refractivity contribution in [1.82, 2.24) is 15.0 Å². The van der Waals surface area contributed by atoms with Gasteiger partial charge in [0.2, 0.25) is 5.89 Å². The Hall–Kier alpha value is -1.37. The first kappa shape index (κ1) is 17.5. The minimum atomic E-state index is 0.341. The molecule has 1 unspecified atom stereocenters. The van der Waals surface area contributed by atoms with E-state index in [-0.39, 0.29) is 0 Å². The largest absolute Gasteiger partial charge is 0.384 e. The van der Waals surface area contributed by atoms with Crippen molar-refractivity contribution in [2.45, 2.75) is 36.6 Å². The minimum absolute atomic E-state index is 0.341. The number of methoxy groups -OCH3 is 1. The number of aromatic nitrogens is 2. The first-order chi connectivity index (χ1) is 11.8. The maximum atomic E-state index is 5.48. The highest BCUT2D eigenvalue weighted by molar-refractivity contribution is 7.98. The lowest BCUT2D eigenvalue weighted by molar-refractivity contribution is 0.180. The van der Waals surface area contributed by atoms with Gasteiger partial charge in [0.15, 0.2) is 5.82 Å². The molecule has 1 aromatic heterocycles. The van der Waals surface area contributed by atoms with Crippen LogP contribution >= 0.6 is 11.8 Å². The third-order valence-corrected chi connectivity index (χ3v) is 5.18. The van der Waals surface area contributed by atoms with Crippen LogP contribution in [0.5, 0.6) is 0 Å². The Morgan fingerprint density at radius 2 is 2.17 bits per heavy atom. The molecule has 0 bridgehead atoms. The normalized spacial score (nSPS) is 18.8. The average Bonchev–Trinajstić information content (AvgIpc) is 3.10. The maximum Gasteiger partial charge on any atom is 0.231 e. The number of likely N-dealkylation sites (tertiary alicyclic amines) is 1. The highest BCUT2D eigenvalue weighted by Gasteiger charge is 2.26. The standard InChI is InChI=1S/C18H25N3O2S/c1-22-11-9-17-19-18(23-20-17)15-4-3-10-21(13-15)12-14-5-7-16(24-2)8-6-14/h5-8,15H,3-4,9-13H2,1-2H3. The summed E-state index contributed by atoms with van der Waals surface area (Å²) in [5.74, 6) is 1.87. The van der Waals surface area contributed by atoms with Crippen LogP contribution in [0.1, 0.15) is 36.0 Å². The summed E-state index contributed by atoms with van der Waals surface area (Å²) >= 11 is 1.78. The molecule has 2 heterocycles. The number of piperidine rings is 1. The Morgan fingerprint density at radius 1 is 1.33 bits per heavy atom. The number of ether oxygens (including phenoxy) is 1. The zero-order valence-corrected chi connectivity index (χ0v) is 15.2. The minimum Gasteiger partial charge on any atom is -0.384 e. The van der Waals surface area contributed by atoms with Crippen molar-refractivity contribution < 1.29 is 9.26 Å². The second-order valence-corrected chi connectivity index (χ2v) is 7.09. The van der Waals surface area contributed by atoms with Crippen molar-refractivity contribution in [2.75, 3.05) is 33.1 Å². The molecule has 0 saturated carbocycles. The van der Waals surface area contributed by atoms with E-state index in [1.54, 1.807) is 18.9 Å². The lowest BCUT2D eigenvalue weighted by Gasteiger charge is -2.30. The molecule has 1 aliphatic rings. The van der Waals surface area contributed by atoms with Crippen LogP contribution in [0.4, 0.5) is 0 Å². The predicted molar refractivity (Wildman–Crippen MR) is 95.4 cm³/mol. The summed E-state index contributed by atoms with van der Waals surface area (Å²) in [6.07, 6.45) is 5.10. The van der Waals surface area contributed by atoms with Gasteiger partial charge in [0.1, 0.15) is 0 Å². The van der Waals surface area contributed by atoms with Crippen LogP contribution in [-0.4, -0.2) is 48.1 Å². The molecule has 1 aromatic carbocycles. The van der Waals surface area contributed by atoms with E-state index < -0.39 is 0 Å². The fraction of sp³-hybridized carbons (Fsp3) is 0.556. The van der Waals surface area contributed by atoms with Crippen LogP contribution in [0.2, 0.25) is 0 Å². The predicted octanol–water partition coefficient (Wildman–Crippen LogP) is 3.36. The van der Waals surface area contributed by atoms with E-state index in [2.05, 4.69) is 45.6 Å². The van der Waals surface area contributed by atoms with E-state index in [0.717, 1.165) is 37.8 Å². The van der Waals surface area contributed by atoms with Gasteiger partial charge in [-0.1, -0.05) is 17.3 Å². The molecule has 24 heavy (non-hydrogen) atoms. The molecule has 1 aliphatic heterocycles. The number of nitrogens with zero attached hydrogens (tertiary/aromatic N) is 3. The van der Waals surface area contributed by atoms with Gasteiger partial charge in [-0.15, -0.1) is 11.8 Å². The Bertz CT molecular complexity index is 629. The van der Waals surface area contributed by atoms with Gasteiger partial charge in [-0.05, 0) is 43.3 Å². The number of benzene rings is 1. The van der Waals surface area contributed by atoms with Crippen LogP contribution in [0.15, 0.2) is 33.7 Å². The third-order valence-electron chi connectivity index (χ3n) is 4.43. The molecule has 1 fully saturated rings. The second-order valence-electron chi connectivity index (χ2n) is 6.21. The molecule has 3 rings (SSSR count). The van der Waals surface area contributed by atoms with Gasteiger partial charge in [0.25, 0.3) is 0 Å². The zero-order valence-electron chi connectivity index (χ0n) is 14.4. The Morgan fingerprint density at radius 3 is 2.92 bits per heavy atom. The van der Waals surface area contributed by atoms with Crippen LogP contribution in [0.3, 0.4) is 0 Å². The summed E-state index contributed by atoms with van der Waals surface area (Å²) in [6, 6.07) is 8.85. The van der Waals surface area contributed by atoms with Crippen LogP contribution in [0, 0.1) is 0 Å². The van der Waals surface area contributed by atoms with Gasteiger partial charge < -0.3 is 9.26 Å². The molecule has 0 aliphatic carbocycles. The summed E-state index contributed by atoms with van der Waals surface area (Å²) < 4.78 is 10.6.